The highest BCUT2D eigenvalue weighted by atomic mass is 32.2. The number of allylic oxidation sites excluding steroid dienone is 2. The van der Waals surface area contributed by atoms with Crippen LogP contribution in [0.4, 0.5) is 0 Å². The number of Topliss-reactive ketones (excluding diaryl/α,β-unsaturated/α-hetero) is 1. The SMILES string of the molecule is CCSCCOC(=O)C1C(C)=NC2=C(C(=O)C[C@@H](c3ccc(OC)c(OC)c3)C2)[C@@H]1c1ccccc1C. The Labute approximate surface area is 223 Å². The van der Waals surface area contributed by atoms with Crippen LogP contribution in [-0.2, 0) is 14.3 Å². The Balaban J connectivity index is 1.72. The smallest absolute Gasteiger partial charge is 0.315 e. The average Bonchev–Trinajstić information content (AvgIpc) is 2.90. The molecule has 6 nitrogen and oxygen atoms in total. The highest BCUT2D eigenvalue weighted by Gasteiger charge is 2.45. The minimum absolute atomic E-state index is 0.0323. The van der Waals surface area contributed by atoms with Crippen LogP contribution in [-0.4, -0.2) is 49.8 Å². The minimum atomic E-state index is -0.618. The Bertz CT molecular complexity index is 1230. The van der Waals surface area contributed by atoms with Gasteiger partial charge in [-0.25, -0.2) is 0 Å². The minimum Gasteiger partial charge on any atom is -0.493 e. The summed E-state index contributed by atoms with van der Waals surface area (Å²) in [6.07, 6.45) is 0.964. The van der Waals surface area contributed by atoms with Crippen LogP contribution in [0.3, 0.4) is 0 Å². The molecule has 0 fully saturated rings. The van der Waals surface area contributed by atoms with Crippen LogP contribution in [0, 0.1) is 12.8 Å². The summed E-state index contributed by atoms with van der Waals surface area (Å²) >= 11 is 1.73. The van der Waals surface area contributed by atoms with Crippen molar-refractivity contribution >= 4 is 29.2 Å². The van der Waals surface area contributed by atoms with Crippen molar-refractivity contribution < 1.29 is 23.8 Å². The van der Waals surface area contributed by atoms with Gasteiger partial charge in [0.2, 0.25) is 0 Å². The summed E-state index contributed by atoms with van der Waals surface area (Å²) in [6.45, 7) is 6.34. The van der Waals surface area contributed by atoms with Crippen molar-refractivity contribution in [3.8, 4) is 11.5 Å². The Kier molecular flexibility index (Phi) is 8.75. The first-order valence-electron chi connectivity index (χ1n) is 12.7. The van der Waals surface area contributed by atoms with Crippen LogP contribution in [0.15, 0.2) is 58.7 Å². The van der Waals surface area contributed by atoms with Gasteiger partial charge in [-0.15, -0.1) is 0 Å². The largest absolute Gasteiger partial charge is 0.493 e. The lowest BCUT2D eigenvalue weighted by Gasteiger charge is -2.37. The number of thioether (sulfide) groups is 1. The average molecular weight is 522 g/mol. The summed E-state index contributed by atoms with van der Waals surface area (Å²) in [5, 5.41) is 0. The normalized spacial score (nSPS) is 21.3. The zero-order valence-corrected chi connectivity index (χ0v) is 23.0. The van der Waals surface area contributed by atoms with E-state index in [0.717, 1.165) is 33.9 Å². The molecule has 1 aliphatic carbocycles. The lowest BCUT2D eigenvalue weighted by Crippen LogP contribution is -2.38. The maximum Gasteiger partial charge on any atom is 0.315 e. The molecule has 7 heteroatoms. The number of nitrogens with zero attached hydrogens (tertiary/aromatic N) is 1. The number of aryl methyl sites for hydroxylation is 1. The number of methoxy groups -OCH3 is 2. The van der Waals surface area contributed by atoms with Gasteiger partial charge in [-0.1, -0.05) is 37.3 Å². The second-order valence-electron chi connectivity index (χ2n) is 9.43. The van der Waals surface area contributed by atoms with Gasteiger partial charge in [0.25, 0.3) is 0 Å². The fraction of sp³-hybridized carbons (Fsp3) is 0.433. The zero-order valence-electron chi connectivity index (χ0n) is 22.2. The number of ketones is 1. The summed E-state index contributed by atoms with van der Waals surface area (Å²) in [7, 11) is 3.21. The van der Waals surface area contributed by atoms with Crippen molar-refractivity contribution in [2.45, 2.75) is 45.4 Å². The third kappa shape index (κ3) is 5.61. The molecule has 4 rings (SSSR count). The zero-order chi connectivity index (χ0) is 26.5. The standard InChI is InChI=1S/C30H35NO5S/c1-6-37-14-13-36-30(33)27-19(3)31-23-15-21(20-11-12-25(34-4)26(17-20)35-5)16-24(32)29(23)28(27)22-10-8-7-9-18(22)2/h7-12,17,21,27-28H,6,13-16H2,1-5H3/t21-,27?,28+/m0/s1. The van der Waals surface area contributed by atoms with Crippen LogP contribution in [0.5, 0.6) is 11.5 Å². The maximum absolute atomic E-state index is 13.8. The van der Waals surface area contributed by atoms with Crippen molar-refractivity contribution in [2.75, 3.05) is 32.3 Å². The van der Waals surface area contributed by atoms with E-state index in [1.54, 1.807) is 26.0 Å². The van der Waals surface area contributed by atoms with Crippen molar-refractivity contribution in [3.05, 3.63) is 70.4 Å². The predicted molar refractivity (Wildman–Crippen MR) is 148 cm³/mol. The van der Waals surface area contributed by atoms with E-state index in [1.807, 2.05) is 56.3 Å². The molecule has 3 atom stereocenters. The fourth-order valence-electron chi connectivity index (χ4n) is 5.41. The molecule has 0 amide bonds. The molecule has 2 aromatic carbocycles. The number of rotatable bonds is 9. The van der Waals surface area contributed by atoms with E-state index in [1.165, 1.54) is 0 Å². The summed E-state index contributed by atoms with van der Waals surface area (Å²) in [5.41, 5.74) is 5.15. The van der Waals surface area contributed by atoms with E-state index in [2.05, 4.69) is 6.92 Å². The number of carbonyl (C=O) groups is 2. The molecule has 2 aliphatic rings. The second kappa shape index (κ2) is 12.0. The van der Waals surface area contributed by atoms with Crippen LogP contribution in [0.25, 0.3) is 0 Å². The van der Waals surface area contributed by atoms with Gasteiger partial charge in [0.05, 0.1) is 14.2 Å². The number of benzene rings is 2. The summed E-state index contributed by atoms with van der Waals surface area (Å²) in [6, 6.07) is 13.8. The monoisotopic (exact) mass is 521 g/mol. The fourth-order valence-corrected chi connectivity index (χ4v) is 5.90. The number of esters is 1. The molecule has 1 aliphatic heterocycles. The van der Waals surface area contributed by atoms with Crippen molar-refractivity contribution in [3.63, 3.8) is 0 Å². The molecular formula is C30H35NO5S. The van der Waals surface area contributed by atoms with E-state index in [-0.39, 0.29) is 17.7 Å². The molecule has 37 heavy (non-hydrogen) atoms. The van der Waals surface area contributed by atoms with Gasteiger partial charge < -0.3 is 14.2 Å². The van der Waals surface area contributed by atoms with E-state index in [4.69, 9.17) is 19.2 Å². The maximum atomic E-state index is 13.8. The summed E-state index contributed by atoms with van der Waals surface area (Å²) in [5.74, 6) is 1.67. The molecule has 1 heterocycles. The molecule has 0 saturated heterocycles. The molecule has 0 bridgehead atoms. The van der Waals surface area contributed by atoms with Crippen molar-refractivity contribution in [2.24, 2.45) is 10.9 Å². The number of hydrogen-bond acceptors (Lipinski definition) is 7. The second-order valence-corrected chi connectivity index (χ2v) is 10.8. The first-order valence-corrected chi connectivity index (χ1v) is 13.9. The number of hydrogen-bond donors (Lipinski definition) is 0. The van der Waals surface area contributed by atoms with Crippen molar-refractivity contribution in [1.82, 2.24) is 0 Å². The van der Waals surface area contributed by atoms with Gasteiger partial charge in [0, 0.05) is 35.1 Å². The Morgan fingerprint density at radius 3 is 2.51 bits per heavy atom. The van der Waals surface area contributed by atoms with E-state index in [0.29, 0.717) is 42.2 Å². The van der Waals surface area contributed by atoms with Crippen LogP contribution >= 0.6 is 11.8 Å². The molecule has 1 unspecified atom stereocenters. The third-order valence-corrected chi connectivity index (χ3v) is 8.08. The highest BCUT2D eigenvalue weighted by molar-refractivity contribution is 7.99. The van der Waals surface area contributed by atoms with Crippen molar-refractivity contribution in [1.29, 1.82) is 0 Å². The van der Waals surface area contributed by atoms with E-state index in [9.17, 15) is 9.59 Å². The summed E-state index contributed by atoms with van der Waals surface area (Å²) < 4.78 is 16.6. The Morgan fingerprint density at radius 1 is 1.05 bits per heavy atom. The first kappa shape index (κ1) is 27.0. The van der Waals surface area contributed by atoms with Gasteiger partial charge >= 0.3 is 5.97 Å². The molecule has 196 valence electrons. The molecule has 0 aromatic heterocycles. The van der Waals surface area contributed by atoms with Crippen LogP contribution in [0.2, 0.25) is 0 Å². The van der Waals surface area contributed by atoms with Gasteiger partial charge in [-0.2, -0.15) is 11.8 Å². The predicted octanol–water partition coefficient (Wildman–Crippen LogP) is 5.88. The Morgan fingerprint density at radius 2 is 1.81 bits per heavy atom. The van der Waals surface area contributed by atoms with E-state index >= 15 is 0 Å². The van der Waals surface area contributed by atoms with Crippen LogP contribution in [0.1, 0.15) is 55.2 Å². The van der Waals surface area contributed by atoms with Gasteiger partial charge in [-0.05, 0) is 60.8 Å². The van der Waals surface area contributed by atoms with Crippen LogP contribution < -0.4 is 9.47 Å². The first-order chi connectivity index (χ1) is 17.9. The highest BCUT2D eigenvalue weighted by Crippen LogP contribution is 2.48. The lowest BCUT2D eigenvalue weighted by molar-refractivity contribution is -0.145. The number of carbonyl (C=O) groups excluding carboxylic acids is 2. The number of ether oxygens (including phenoxy) is 3. The van der Waals surface area contributed by atoms with Gasteiger partial charge in [0.15, 0.2) is 17.3 Å². The Hall–Kier alpha value is -3.06. The summed E-state index contributed by atoms with van der Waals surface area (Å²) in [4.78, 5) is 32.1. The molecule has 0 radical (unpaired) electrons. The van der Waals surface area contributed by atoms with E-state index < -0.39 is 11.8 Å². The third-order valence-electron chi connectivity index (χ3n) is 7.22. The molecular weight excluding hydrogens is 486 g/mol. The molecule has 0 N–H and O–H groups in total. The molecule has 0 spiro atoms. The molecule has 2 aromatic rings. The van der Waals surface area contributed by atoms with Gasteiger partial charge in [-0.3, -0.25) is 14.6 Å². The van der Waals surface area contributed by atoms with Gasteiger partial charge in [0.1, 0.15) is 12.5 Å². The topological polar surface area (TPSA) is 74.2 Å². The number of aliphatic imine (C=N–C) groups is 1. The lowest BCUT2D eigenvalue weighted by atomic mass is 9.68. The quantitative estimate of drug-likeness (QED) is 0.303. The molecule has 0 saturated carbocycles.